The van der Waals surface area contributed by atoms with Crippen LogP contribution in [0.4, 0.5) is 5.69 Å². The topological polar surface area (TPSA) is 146 Å². The number of rotatable bonds is 2. The maximum absolute atomic E-state index is 12.2. The molecule has 3 N–H and O–H groups in total. The van der Waals surface area contributed by atoms with Gasteiger partial charge in [-0.3, -0.25) is 19.6 Å². The zero-order valence-electron chi connectivity index (χ0n) is 14.9. The number of azo groups is 1. The van der Waals surface area contributed by atoms with Gasteiger partial charge in [-0.25, -0.2) is 4.79 Å². The summed E-state index contributed by atoms with van der Waals surface area (Å²) in [5, 5.41) is 16.3. The maximum Gasteiger partial charge on any atom is 0.328 e. The normalized spacial score (nSPS) is 16.5. The van der Waals surface area contributed by atoms with E-state index in [1.165, 1.54) is 0 Å². The summed E-state index contributed by atoms with van der Waals surface area (Å²) >= 11 is 0. The van der Waals surface area contributed by atoms with Crippen molar-refractivity contribution in [2.45, 2.75) is 32.3 Å². The molecule has 1 aromatic heterocycles. The average Bonchev–Trinajstić information content (AvgIpc) is 2.58. The molecule has 1 atom stereocenters. The van der Waals surface area contributed by atoms with Gasteiger partial charge in [-0.2, -0.15) is 0 Å². The van der Waals surface area contributed by atoms with Crippen molar-refractivity contribution in [3.63, 3.8) is 0 Å². The Labute approximate surface area is 152 Å². The molecule has 0 spiro atoms. The molecule has 0 bridgehead atoms. The Morgan fingerprint density at radius 3 is 2.63 bits per heavy atom. The van der Waals surface area contributed by atoms with E-state index in [0.29, 0.717) is 11.5 Å². The number of amides is 1. The van der Waals surface area contributed by atoms with Crippen LogP contribution < -0.4 is 20.7 Å². The number of nitrogens with one attached hydrogen (secondary N) is 2. The third-order valence-corrected chi connectivity index (χ3v) is 3.89. The Morgan fingerprint density at radius 2 is 1.96 bits per heavy atom. The Hall–Kier alpha value is -3.43. The second kappa shape index (κ2) is 6.71. The van der Waals surface area contributed by atoms with E-state index in [1.807, 2.05) is 36.8 Å². The molecule has 1 unspecified atom stereocenters. The van der Waals surface area contributed by atoms with E-state index in [1.54, 1.807) is 12.1 Å². The van der Waals surface area contributed by atoms with Gasteiger partial charge in [0.15, 0.2) is 11.5 Å². The molecule has 0 fully saturated rings. The molecule has 1 aromatic carbocycles. The Bertz CT molecular complexity index is 1030. The number of aromatic hydroxyl groups is 1. The molecule has 0 aliphatic carbocycles. The van der Waals surface area contributed by atoms with Crippen molar-refractivity contribution in [2.24, 2.45) is 10.2 Å². The van der Waals surface area contributed by atoms with Crippen LogP contribution in [0.1, 0.15) is 26.3 Å². The van der Waals surface area contributed by atoms with E-state index in [4.69, 9.17) is 9.47 Å². The monoisotopic (exact) mass is 374 g/mol. The summed E-state index contributed by atoms with van der Waals surface area (Å²) < 4.78 is 11.2. The van der Waals surface area contributed by atoms with Crippen molar-refractivity contribution in [1.82, 2.24) is 9.97 Å². The number of fused-ring (bicyclic) bond motifs is 1. The maximum atomic E-state index is 12.2. The highest BCUT2D eigenvalue weighted by Crippen LogP contribution is 2.36. The van der Waals surface area contributed by atoms with Crippen molar-refractivity contribution >= 4 is 11.6 Å². The number of aromatic nitrogens is 2. The van der Waals surface area contributed by atoms with Crippen molar-refractivity contribution in [2.75, 3.05) is 6.61 Å². The zero-order chi connectivity index (χ0) is 19.8. The molecule has 1 aliphatic rings. The van der Waals surface area contributed by atoms with Crippen LogP contribution in [0.2, 0.25) is 0 Å². The fraction of sp³-hybridized carbons (Fsp3) is 0.353. The van der Waals surface area contributed by atoms with Crippen LogP contribution in [0.25, 0.3) is 0 Å². The first-order chi connectivity index (χ1) is 12.6. The van der Waals surface area contributed by atoms with Gasteiger partial charge in [-0.15, -0.1) is 10.2 Å². The van der Waals surface area contributed by atoms with Gasteiger partial charge in [-0.1, -0.05) is 26.8 Å². The number of nitrogens with zero attached hydrogens (tertiary/aromatic N) is 2. The summed E-state index contributed by atoms with van der Waals surface area (Å²) in [5.41, 5.74) is -1.58. The lowest BCUT2D eigenvalue weighted by molar-refractivity contribution is -0.127. The molecule has 2 heterocycles. The molecule has 10 nitrogen and oxygen atoms in total. The van der Waals surface area contributed by atoms with Crippen molar-refractivity contribution < 1.29 is 19.4 Å². The van der Waals surface area contributed by atoms with Gasteiger partial charge in [0.2, 0.25) is 17.7 Å². The highest BCUT2D eigenvalue weighted by molar-refractivity contribution is 5.82. The van der Waals surface area contributed by atoms with Crippen LogP contribution in [-0.2, 0) is 10.2 Å². The number of H-pyrrole nitrogens is 2. The van der Waals surface area contributed by atoms with E-state index >= 15 is 0 Å². The summed E-state index contributed by atoms with van der Waals surface area (Å²) in [5.74, 6) is -0.668. The lowest BCUT2D eigenvalue weighted by Gasteiger charge is -2.27. The fourth-order valence-electron chi connectivity index (χ4n) is 2.38. The lowest BCUT2D eigenvalue weighted by atomic mass is 9.87. The van der Waals surface area contributed by atoms with E-state index in [-0.39, 0.29) is 12.0 Å². The highest BCUT2D eigenvalue weighted by Gasteiger charge is 2.29. The van der Waals surface area contributed by atoms with E-state index in [2.05, 4.69) is 10.2 Å². The smallest absolute Gasteiger partial charge is 0.328 e. The predicted octanol–water partition coefficient (Wildman–Crippen LogP) is 1.52. The van der Waals surface area contributed by atoms with Gasteiger partial charge >= 0.3 is 11.6 Å². The molecule has 142 valence electrons. The van der Waals surface area contributed by atoms with Crippen molar-refractivity contribution in [3.8, 4) is 17.4 Å². The SMILES string of the molecule is CC(C)(C)c1ccc2c(c1)OC(C(=O)N=Nc1c(O)[nH]c(=O)[nH]c1=O)CO2. The summed E-state index contributed by atoms with van der Waals surface area (Å²) in [4.78, 5) is 38.6. The van der Waals surface area contributed by atoms with Gasteiger partial charge in [0, 0.05) is 0 Å². The fourth-order valence-corrected chi connectivity index (χ4v) is 2.38. The van der Waals surface area contributed by atoms with Gasteiger partial charge in [0.1, 0.15) is 6.61 Å². The number of ether oxygens (including phenoxy) is 2. The zero-order valence-corrected chi connectivity index (χ0v) is 14.9. The largest absolute Gasteiger partial charge is 0.493 e. The van der Waals surface area contributed by atoms with Gasteiger partial charge in [0.05, 0.1) is 0 Å². The Morgan fingerprint density at radius 1 is 1.22 bits per heavy atom. The first-order valence-corrected chi connectivity index (χ1v) is 8.10. The summed E-state index contributed by atoms with van der Waals surface area (Å²) in [6.07, 6.45) is -1.06. The van der Waals surface area contributed by atoms with Crippen LogP contribution in [0.5, 0.6) is 17.4 Å². The van der Waals surface area contributed by atoms with Crippen molar-refractivity contribution in [1.29, 1.82) is 0 Å². The molecule has 0 radical (unpaired) electrons. The van der Waals surface area contributed by atoms with Crippen molar-refractivity contribution in [3.05, 3.63) is 44.6 Å². The van der Waals surface area contributed by atoms with E-state index in [0.717, 1.165) is 5.56 Å². The average molecular weight is 374 g/mol. The summed E-state index contributed by atoms with van der Waals surface area (Å²) in [7, 11) is 0. The molecule has 27 heavy (non-hydrogen) atoms. The molecule has 1 aliphatic heterocycles. The second-order valence-electron chi connectivity index (χ2n) is 6.97. The van der Waals surface area contributed by atoms with Crippen LogP contribution in [0.15, 0.2) is 38.0 Å². The first-order valence-electron chi connectivity index (χ1n) is 8.10. The molecule has 0 saturated carbocycles. The number of carbonyl (C=O) groups excluding carboxylic acids is 1. The quantitative estimate of drug-likeness (QED) is 0.679. The molecular weight excluding hydrogens is 356 g/mol. The minimum Gasteiger partial charge on any atom is -0.493 e. The lowest BCUT2D eigenvalue weighted by Crippen LogP contribution is -2.35. The third-order valence-electron chi connectivity index (χ3n) is 3.89. The number of carbonyl (C=O) groups is 1. The standard InChI is InChI=1S/C17H18N4O6/c1-17(2,3)8-4-5-9-10(6-8)27-11(7-26-9)13(22)21-20-12-14(23)18-16(25)19-15(12)24/h4-6,11H,7H2,1-3H3,(H3,18,19,23,24,25). The Kier molecular flexibility index (Phi) is 4.56. The van der Waals surface area contributed by atoms with E-state index < -0.39 is 34.8 Å². The summed E-state index contributed by atoms with van der Waals surface area (Å²) in [6.45, 7) is 6.06. The predicted molar refractivity (Wildman–Crippen MR) is 93.9 cm³/mol. The Balaban J connectivity index is 1.80. The minimum absolute atomic E-state index is 0.0757. The molecule has 0 saturated heterocycles. The summed E-state index contributed by atoms with van der Waals surface area (Å²) in [6, 6.07) is 5.50. The molecule has 1 amide bonds. The first kappa shape index (κ1) is 18.4. The van der Waals surface area contributed by atoms with Gasteiger partial charge in [-0.05, 0) is 23.1 Å². The van der Waals surface area contributed by atoms with Gasteiger partial charge < -0.3 is 14.6 Å². The van der Waals surface area contributed by atoms with Crippen LogP contribution in [0, 0.1) is 0 Å². The van der Waals surface area contributed by atoms with Gasteiger partial charge in [0.25, 0.3) is 5.56 Å². The molecular formula is C17H18N4O6. The third kappa shape index (κ3) is 3.89. The number of hydrogen-bond donors (Lipinski definition) is 3. The van der Waals surface area contributed by atoms with E-state index in [9.17, 15) is 19.5 Å². The molecule has 3 rings (SSSR count). The number of benzene rings is 1. The van der Waals surface area contributed by atoms with Crippen LogP contribution in [0.3, 0.4) is 0 Å². The van der Waals surface area contributed by atoms with Crippen LogP contribution in [-0.4, -0.2) is 33.7 Å². The molecule has 10 heteroatoms. The van der Waals surface area contributed by atoms with Crippen LogP contribution >= 0.6 is 0 Å². The minimum atomic E-state index is -1.06. The molecule has 2 aromatic rings. The number of hydrogen-bond acceptors (Lipinski definition) is 7. The second-order valence-corrected chi connectivity index (χ2v) is 6.97. The highest BCUT2D eigenvalue weighted by atomic mass is 16.6. The number of aromatic amines is 2.